The van der Waals surface area contributed by atoms with Gasteiger partial charge < -0.3 is 0 Å². The van der Waals surface area contributed by atoms with Crippen LogP contribution in [0.25, 0.3) is 5.57 Å². The van der Waals surface area contributed by atoms with Gasteiger partial charge in [-0.3, -0.25) is 4.79 Å². The molecule has 1 aromatic carbocycles. The van der Waals surface area contributed by atoms with E-state index >= 15 is 0 Å². The molecule has 24 heavy (non-hydrogen) atoms. The van der Waals surface area contributed by atoms with E-state index in [2.05, 4.69) is 48.1 Å². The van der Waals surface area contributed by atoms with Crippen molar-refractivity contribution in [1.29, 1.82) is 0 Å². The summed E-state index contributed by atoms with van der Waals surface area (Å²) in [4.78, 5) is 10.5. The van der Waals surface area contributed by atoms with Gasteiger partial charge in [0.25, 0.3) is 0 Å². The summed E-state index contributed by atoms with van der Waals surface area (Å²) in [6, 6.07) is 7.66. The molecule has 0 atom stereocenters. The average molecular weight is 331 g/mol. The Balaban J connectivity index is 0.000000640. The number of allylic oxidation sites excluding steroid dienone is 1. The maximum absolute atomic E-state index is 10.5. The highest BCUT2D eigenvalue weighted by molar-refractivity contribution is 5.76. The van der Waals surface area contributed by atoms with Crippen molar-refractivity contribution in [2.24, 2.45) is 11.3 Å². The van der Waals surface area contributed by atoms with Gasteiger partial charge >= 0.3 is 0 Å². The maximum Gasteiger partial charge on any atom is 0.150 e. The van der Waals surface area contributed by atoms with Crippen molar-refractivity contribution < 1.29 is 4.79 Å². The highest BCUT2D eigenvalue weighted by Crippen LogP contribution is 2.23. The topological polar surface area (TPSA) is 17.1 Å². The number of hydrogen-bond acceptors (Lipinski definition) is 1. The van der Waals surface area contributed by atoms with E-state index in [0.29, 0.717) is 5.41 Å². The lowest BCUT2D eigenvalue weighted by molar-refractivity contribution is 0.112. The minimum Gasteiger partial charge on any atom is -0.298 e. The summed E-state index contributed by atoms with van der Waals surface area (Å²) in [5, 5.41) is 0. The van der Waals surface area contributed by atoms with Crippen molar-refractivity contribution in [3.8, 4) is 0 Å². The average Bonchev–Trinajstić information content (AvgIpc) is 2.59. The zero-order valence-corrected chi connectivity index (χ0v) is 16.8. The summed E-state index contributed by atoms with van der Waals surface area (Å²) in [6.45, 7) is 17.7. The Bertz CT molecular complexity index is 459. The van der Waals surface area contributed by atoms with E-state index in [1.165, 1.54) is 37.7 Å². The maximum atomic E-state index is 10.5. The largest absolute Gasteiger partial charge is 0.298 e. The molecular weight excluding hydrogens is 292 g/mol. The molecule has 136 valence electrons. The quantitative estimate of drug-likeness (QED) is 0.337. The Morgan fingerprint density at radius 1 is 1.08 bits per heavy atom. The Morgan fingerprint density at radius 3 is 2.00 bits per heavy atom. The van der Waals surface area contributed by atoms with E-state index in [9.17, 15) is 4.79 Å². The molecule has 0 spiro atoms. The minimum atomic E-state index is 0.583. The Labute approximate surface area is 150 Å². The first-order chi connectivity index (χ1) is 11.3. The summed E-state index contributed by atoms with van der Waals surface area (Å²) in [6.07, 6.45) is 8.27. The number of carbonyl (C=O) groups excluding carboxylic acids is 1. The molecule has 0 heterocycles. The molecule has 0 radical (unpaired) electrons. The molecule has 0 N–H and O–H groups in total. The summed E-state index contributed by atoms with van der Waals surface area (Å²) in [5.74, 6) is 0.787. The van der Waals surface area contributed by atoms with Crippen molar-refractivity contribution in [3.63, 3.8) is 0 Å². The zero-order chi connectivity index (χ0) is 18.6. The first kappa shape index (κ1) is 22.6. The number of benzene rings is 1. The second-order valence-electron chi connectivity index (χ2n) is 7.85. The van der Waals surface area contributed by atoms with Gasteiger partial charge in [-0.05, 0) is 35.3 Å². The number of aldehydes is 1. The third kappa shape index (κ3) is 10.4. The summed E-state index contributed by atoms with van der Waals surface area (Å²) < 4.78 is 0. The van der Waals surface area contributed by atoms with Gasteiger partial charge in [-0.15, -0.1) is 0 Å². The van der Waals surface area contributed by atoms with Crippen molar-refractivity contribution in [2.45, 2.75) is 80.1 Å². The predicted molar refractivity (Wildman–Crippen MR) is 109 cm³/mol. The van der Waals surface area contributed by atoms with Gasteiger partial charge in [-0.1, -0.05) is 98.1 Å². The van der Waals surface area contributed by atoms with Gasteiger partial charge in [-0.2, -0.15) is 0 Å². The Hall–Kier alpha value is -1.37. The van der Waals surface area contributed by atoms with Gasteiger partial charge in [0.1, 0.15) is 6.29 Å². The van der Waals surface area contributed by atoms with Crippen molar-refractivity contribution in [1.82, 2.24) is 0 Å². The predicted octanol–water partition coefficient (Wildman–Crippen LogP) is 7.56. The molecule has 1 rings (SSSR count). The van der Waals surface area contributed by atoms with Crippen LogP contribution in [0.1, 0.15) is 96.0 Å². The van der Waals surface area contributed by atoms with Crippen molar-refractivity contribution in [3.05, 3.63) is 42.0 Å². The zero-order valence-electron chi connectivity index (χ0n) is 16.8. The molecule has 0 fully saturated rings. The van der Waals surface area contributed by atoms with E-state index in [1.54, 1.807) is 0 Å². The van der Waals surface area contributed by atoms with Crippen LogP contribution >= 0.6 is 0 Å². The number of unbranched alkanes of at least 4 members (excludes halogenated alkanes) is 1. The second kappa shape index (κ2) is 12.1. The molecule has 1 heteroatoms. The molecule has 1 nitrogen and oxygen atoms in total. The number of hydrogen-bond donors (Lipinski definition) is 0. The molecule has 1 aromatic rings. The molecule has 0 aromatic heterocycles. The van der Waals surface area contributed by atoms with Crippen LogP contribution in [-0.4, -0.2) is 6.29 Å². The van der Waals surface area contributed by atoms with Crippen LogP contribution in [0.3, 0.4) is 0 Å². The molecule has 0 bridgehead atoms. The lowest BCUT2D eigenvalue weighted by Crippen LogP contribution is -2.05. The molecular formula is C23H38O. The lowest BCUT2D eigenvalue weighted by Gasteiger charge is -2.18. The van der Waals surface area contributed by atoms with E-state index < -0.39 is 0 Å². The molecule has 0 amide bonds. The van der Waals surface area contributed by atoms with E-state index in [0.717, 1.165) is 29.8 Å². The van der Waals surface area contributed by atoms with Crippen LogP contribution < -0.4 is 0 Å². The molecule has 0 aliphatic rings. The third-order valence-electron chi connectivity index (χ3n) is 4.88. The Morgan fingerprint density at radius 2 is 1.62 bits per heavy atom. The second-order valence-corrected chi connectivity index (χ2v) is 7.85. The molecule has 0 aliphatic carbocycles. The van der Waals surface area contributed by atoms with Gasteiger partial charge in [0.05, 0.1) is 0 Å². The van der Waals surface area contributed by atoms with Crippen molar-refractivity contribution in [2.75, 3.05) is 0 Å². The third-order valence-corrected chi connectivity index (χ3v) is 4.88. The summed E-state index contributed by atoms with van der Waals surface area (Å²) in [7, 11) is 0. The van der Waals surface area contributed by atoms with Gasteiger partial charge in [0.2, 0.25) is 0 Å². The standard InChI is InChI=1S/C16H22O.C7H16/c1-13(2)6-4-5-7-14(3)16-10-8-15(12-17)9-11-16;1-5-7(3,4)6-2/h8-13H,3-7H2,1-2H3;5-6H2,1-4H3. The van der Waals surface area contributed by atoms with Gasteiger partial charge in [0.15, 0.2) is 0 Å². The first-order valence-corrected chi connectivity index (χ1v) is 9.49. The van der Waals surface area contributed by atoms with E-state index in [-0.39, 0.29) is 0 Å². The minimum absolute atomic E-state index is 0.583. The molecule has 0 aliphatic heterocycles. The SMILES string of the molecule is C=C(CCCCC(C)C)c1ccc(C=O)cc1.CCC(C)(C)CC. The Kier molecular flexibility index (Phi) is 11.4. The smallest absolute Gasteiger partial charge is 0.150 e. The van der Waals surface area contributed by atoms with Gasteiger partial charge in [-0.25, -0.2) is 0 Å². The van der Waals surface area contributed by atoms with Crippen LogP contribution in [0, 0.1) is 11.3 Å². The molecule has 0 saturated carbocycles. The fourth-order valence-corrected chi connectivity index (χ4v) is 2.08. The highest BCUT2D eigenvalue weighted by Gasteiger charge is 2.09. The van der Waals surface area contributed by atoms with E-state index in [1.807, 2.05) is 24.3 Å². The molecule has 0 saturated heterocycles. The number of carbonyl (C=O) groups is 1. The van der Waals surface area contributed by atoms with Crippen LogP contribution in [0.5, 0.6) is 0 Å². The van der Waals surface area contributed by atoms with Crippen LogP contribution in [-0.2, 0) is 0 Å². The highest BCUT2D eigenvalue weighted by atomic mass is 16.1. The normalized spacial score (nSPS) is 11.0. The molecule has 0 unspecified atom stereocenters. The fourth-order valence-electron chi connectivity index (χ4n) is 2.08. The fraction of sp³-hybridized carbons (Fsp3) is 0.609. The van der Waals surface area contributed by atoms with Crippen LogP contribution in [0.15, 0.2) is 30.8 Å². The van der Waals surface area contributed by atoms with Crippen molar-refractivity contribution >= 4 is 11.9 Å². The monoisotopic (exact) mass is 330 g/mol. The van der Waals surface area contributed by atoms with Crippen LogP contribution in [0.4, 0.5) is 0 Å². The van der Waals surface area contributed by atoms with E-state index in [4.69, 9.17) is 0 Å². The first-order valence-electron chi connectivity index (χ1n) is 9.49. The van der Waals surface area contributed by atoms with Crippen LogP contribution in [0.2, 0.25) is 0 Å². The lowest BCUT2D eigenvalue weighted by atomic mass is 9.88. The number of rotatable bonds is 9. The van der Waals surface area contributed by atoms with Gasteiger partial charge in [0, 0.05) is 5.56 Å². The summed E-state index contributed by atoms with van der Waals surface area (Å²) >= 11 is 0. The summed E-state index contributed by atoms with van der Waals surface area (Å²) in [5.41, 5.74) is 3.63.